The lowest BCUT2D eigenvalue weighted by Crippen LogP contribution is -2.11. The summed E-state index contributed by atoms with van der Waals surface area (Å²) in [4.78, 5) is 0. The van der Waals surface area contributed by atoms with E-state index in [-0.39, 0.29) is 11.9 Å². The molecule has 90 valence electrons. The van der Waals surface area contributed by atoms with Crippen LogP contribution in [0, 0.1) is 5.82 Å². The number of hydrogen-bond acceptors (Lipinski definition) is 2. The van der Waals surface area contributed by atoms with Crippen LogP contribution >= 0.6 is 0 Å². The molecule has 1 aromatic rings. The Kier molecular flexibility index (Phi) is 5.26. The monoisotopic (exact) mass is 225 g/mol. The number of hydrogen-bond donors (Lipinski definition) is 1. The second-order valence-corrected chi connectivity index (χ2v) is 4.05. The Balaban J connectivity index is 2.71. The lowest BCUT2D eigenvalue weighted by Gasteiger charge is -2.14. The van der Waals surface area contributed by atoms with E-state index in [0.717, 1.165) is 18.4 Å². The summed E-state index contributed by atoms with van der Waals surface area (Å²) in [5.74, 6) is 0.342. The maximum atomic E-state index is 13.3. The molecule has 1 aromatic carbocycles. The summed E-state index contributed by atoms with van der Waals surface area (Å²) in [5, 5.41) is 0. The van der Waals surface area contributed by atoms with Gasteiger partial charge in [0.15, 0.2) is 0 Å². The molecule has 2 N–H and O–H groups in total. The summed E-state index contributed by atoms with van der Waals surface area (Å²) < 4.78 is 18.9. The average Bonchev–Trinajstić information content (AvgIpc) is 2.17. The average molecular weight is 225 g/mol. The molecule has 1 atom stereocenters. The Morgan fingerprint density at radius 2 is 2.12 bits per heavy atom. The third-order valence-corrected chi connectivity index (χ3v) is 2.40. The zero-order valence-corrected chi connectivity index (χ0v) is 10.0. The highest BCUT2D eigenvalue weighted by Gasteiger charge is 2.05. The van der Waals surface area contributed by atoms with Crippen molar-refractivity contribution >= 4 is 0 Å². The fourth-order valence-corrected chi connectivity index (χ4v) is 1.70. The number of benzene rings is 1. The number of ether oxygens (including phenoxy) is 1. The first-order chi connectivity index (χ1) is 7.65. The van der Waals surface area contributed by atoms with Gasteiger partial charge in [-0.15, -0.1) is 0 Å². The third kappa shape index (κ3) is 4.19. The molecule has 0 aliphatic rings. The van der Waals surface area contributed by atoms with Crippen LogP contribution in [0.1, 0.15) is 32.3 Å². The van der Waals surface area contributed by atoms with Gasteiger partial charge >= 0.3 is 0 Å². The van der Waals surface area contributed by atoms with Crippen molar-refractivity contribution < 1.29 is 9.13 Å². The van der Waals surface area contributed by atoms with Crippen molar-refractivity contribution in [3.63, 3.8) is 0 Å². The first kappa shape index (κ1) is 13.0. The van der Waals surface area contributed by atoms with Crippen molar-refractivity contribution in [2.24, 2.45) is 5.73 Å². The van der Waals surface area contributed by atoms with Gasteiger partial charge in [0.2, 0.25) is 0 Å². The summed E-state index contributed by atoms with van der Waals surface area (Å²) in [6.45, 7) is 4.62. The molecule has 0 aromatic heterocycles. The largest absolute Gasteiger partial charge is 0.491 e. The van der Waals surface area contributed by atoms with E-state index in [0.29, 0.717) is 18.7 Å². The standard InChI is InChI=1S/C13H20FNO/c1-3-4-10(2)16-13-8-11(5-6-15)7-12(14)9-13/h7-10H,3-6,15H2,1-2H3. The molecular weight excluding hydrogens is 205 g/mol. The molecule has 2 nitrogen and oxygen atoms in total. The van der Waals surface area contributed by atoms with Gasteiger partial charge in [-0.25, -0.2) is 4.39 Å². The van der Waals surface area contributed by atoms with Gasteiger partial charge in [-0.3, -0.25) is 0 Å². The van der Waals surface area contributed by atoms with Crippen LogP contribution in [0.2, 0.25) is 0 Å². The molecule has 0 bridgehead atoms. The predicted molar refractivity (Wildman–Crippen MR) is 64.2 cm³/mol. The van der Waals surface area contributed by atoms with E-state index in [1.54, 1.807) is 0 Å². The molecule has 1 unspecified atom stereocenters. The minimum absolute atomic E-state index is 0.123. The normalized spacial score (nSPS) is 12.5. The Bertz CT molecular complexity index is 328. The van der Waals surface area contributed by atoms with Crippen LogP contribution in [0.25, 0.3) is 0 Å². The van der Waals surface area contributed by atoms with Gasteiger partial charge in [0, 0.05) is 6.07 Å². The maximum absolute atomic E-state index is 13.3. The van der Waals surface area contributed by atoms with Crippen molar-refractivity contribution in [2.75, 3.05) is 6.54 Å². The smallest absolute Gasteiger partial charge is 0.127 e. The van der Waals surface area contributed by atoms with E-state index < -0.39 is 0 Å². The van der Waals surface area contributed by atoms with Crippen molar-refractivity contribution in [3.8, 4) is 5.75 Å². The minimum atomic E-state index is -0.260. The highest BCUT2D eigenvalue weighted by molar-refractivity contribution is 5.30. The lowest BCUT2D eigenvalue weighted by molar-refractivity contribution is 0.209. The topological polar surface area (TPSA) is 35.2 Å². The second-order valence-electron chi connectivity index (χ2n) is 4.05. The molecule has 0 amide bonds. The molecule has 1 rings (SSSR count). The third-order valence-electron chi connectivity index (χ3n) is 2.40. The second kappa shape index (κ2) is 6.48. The van der Waals surface area contributed by atoms with Crippen molar-refractivity contribution in [2.45, 2.75) is 39.2 Å². The van der Waals surface area contributed by atoms with Gasteiger partial charge in [0.1, 0.15) is 11.6 Å². The van der Waals surface area contributed by atoms with Gasteiger partial charge in [-0.05, 0) is 44.0 Å². The molecule has 3 heteroatoms. The van der Waals surface area contributed by atoms with Crippen LogP contribution in [0.5, 0.6) is 5.75 Å². The minimum Gasteiger partial charge on any atom is -0.491 e. The molecule has 0 aliphatic heterocycles. The summed E-state index contributed by atoms with van der Waals surface area (Å²) in [6.07, 6.45) is 2.84. The summed E-state index contributed by atoms with van der Waals surface area (Å²) in [6, 6.07) is 4.79. The van der Waals surface area contributed by atoms with Crippen LogP contribution in [0.15, 0.2) is 18.2 Å². The molecule has 0 aliphatic carbocycles. The Hall–Kier alpha value is -1.09. The van der Waals surface area contributed by atoms with Crippen LogP contribution in [-0.4, -0.2) is 12.6 Å². The molecule has 0 spiro atoms. The van der Waals surface area contributed by atoms with Gasteiger partial charge in [0.05, 0.1) is 6.10 Å². The zero-order chi connectivity index (χ0) is 12.0. The SMILES string of the molecule is CCCC(C)Oc1cc(F)cc(CCN)c1. The fourth-order valence-electron chi connectivity index (χ4n) is 1.70. The van der Waals surface area contributed by atoms with Crippen LogP contribution in [0.4, 0.5) is 4.39 Å². The highest BCUT2D eigenvalue weighted by atomic mass is 19.1. The lowest BCUT2D eigenvalue weighted by atomic mass is 10.1. The quantitative estimate of drug-likeness (QED) is 0.808. The van der Waals surface area contributed by atoms with Gasteiger partial charge in [-0.1, -0.05) is 13.3 Å². The summed E-state index contributed by atoms with van der Waals surface area (Å²) in [7, 11) is 0. The summed E-state index contributed by atoms with van der Waals surface area (Å²) >= 11 is 0. The number of halogens is 1. The molecule has 16 heavy (non-hydrogen) atoms. The van der Waals surface area contributed by atoms with Crippen LogP contribution < -0.4 is 10.5 Å². The van der Waals surface area contributed by atoms with E-state index in [4.69, 9.17) is 10.5 Å². The number of rotatable bonds is 6. The van der Waals surface area contributed by atoms with Gasteiger partial charge in [0.25, 0.3) is 0 Å². The first-order valence-electron chi connectivity index (χ1n) is 5.82. The highest BCUT2D eigenvalue weighted by Crippen LogP contribution is 2.19. The van der Waals surface area contributed by atoms with E-state index in [9.17, 15) is 4.39 Å². The molecule has 0 fully saturated rings. The maximum Gasteiger partial charge on any atom is 0.127 e. The van der Waals surface area contributed by atoms with E-state index >= 15 is 0 Å². The van der Waals surface area contributed by atoms with Crippen molar-refractivity contribution in [1.29, 1.82) is 0 Å². The Labute approximate surface area is 96.6 Å². The van der Waals surface area contributed by atoms with Crippen LogP contribution in [0.3, 0.4) is 0 Å². The summed E-state index contributed by atoms with van der Waals surface area (Å²) in [5.41, 5.74) is 6.34. The Morgan fingerprint density at radius 1 is 1.38 bits per heavy atom. The van der Waals surface area contributed by atoms with E-state index in [1.165, 1.54) is 12.1 Å². The Morgan fingerprint density at radius 3 is 2.75 bits per heavy atom. The van der Waals surface area contributed by atoms with Crippen molar-refractivity contribution in [3.05, 3.63) is 29.6 Å². The van der Waals surface area contributed by atoms with Gasteiger partial charge < -0.3 is 10.5 Å². The zero-order valence-electron chi connectivity index (χ0n) is 10.0. The van der Waals surface area contributed by atoms with E-state index in [1.807, 2.05) is 13.0 Å². The fraction of sp³-hybridized carbons (Fsp3) is 0.538. The number of nitrogens with two attached hydrogens (primary N) is 1. The predicted octanol–water partition coefficient (Wildman–Crippen LogP) is 2.89. The van der Waals surface area contributed by atoms with Gasteiger partial charge in [-0.2, -0.15) is 0 Å². The molecule has 0 heterocycles. The molecular formula is C13H20FNO. The molecule has 0 radical (unpaired) electrons. The molecule has 0 saturated carbocycles. The first-order valence-corrected chi connectivity index (χ1v) is 5.82. The molecule has 0 saturated heterocycles. The van der Waals surface area contributed by atoms with Crippen molar-refractivity contribution in [1.82, 2.24) is 0 Å². The van der Waals surface area contributed by atoms with E-state index in [2.05, 4.69) is 6.92 Å². The van der Waals surface area contributed by atoms with Crippen LogP contribution in [-0.2, 0) is 6.42 Å².